The third-order valence-electron chi connectivity index (χ3n) is 11.1. The predicted octanol–water partition coefficient (Wildman–Crippen LogP) is 9.71. The summed E-state index contributed by atoms with van der Waals surface area (Å²) < 4.78 is 33.2. The van der Waals surface area contributed by atoms with E-state index in [9.17, 15) is 4.79 Å². The van der Waals surface area contributed by atoms with Crippen molar-refractivity contribution in [2.75, 3.05) is 6.61 Å². The lowest BCUT2D eigenvalue weighted by Crippen LogP contribution is -2.67. The molecule has 0 amide bonds. The first kappa shape index (κ1) is 38.5. The Morgan fingerprint density at radius 2 is 1.21 bits per heavy atom. The second-order valence-electron chi connectivity index (χ2n) is 15.7. The number of carbonyl (C=O) groups excluding carboxylic acids is 2. The van der Waals surface area contributed by atoms with Crippen molar-refractivity contribution in [3.8, 4) is 5.75 Å². The summed E-state index contributed by atoms with van der Waals surface area (Å²) in [5.41, 5.74) is 3.54. The zero-order valence-corrected chi connectivity index (χ0v) is 33.4. The van der Waals surface area contributed by atoms with Crippen LogP contribution in [0.2, 0.25) is 33.2 Å². The molecule has 0 radical (unpaired) electrons. The molecular formula is C39H60O7Si2. The van der Waals surface area contributed by atoms with Crippen LogP contribution in [0, 0.1) is 0 Å². The van der Waals surface area contributed by atoms with Crippen LogP contribution in [-0.4, -0.2) is 53.0 Å². The highest BCUT2D eigenvalue weighted by Crippen LogP contribution is 2.51. The highest BCUT2D eigenvalue weighted by molar-refractivity contribution is 6.78. The molecule has 2 aliphatic rings. The van der Waals surface area contributed by atoms with E-state index in [2.05, 4.69) is 83.1 Å². The molecule has 2 saturated heterocycles. The number of hydrogen-bond acceptors (Lipinski definition) is 7. The fraction of sp³-hybridized carbons (Fsp3) is 0.641. The molecule has 4 rings (SSSR count). The van der Waals surface area contributed by atoms with Gasteiger partial charge in [-0.2, -0.15) is 0 Å². The molecule has 0 saturated carbocycles. The zero-order valence-electron chi connectivity index (χ0n) is 31.4. The van der Waals surface area contributed by atoms with Crippen LogP contribution < -0.4 is 4.74 Å². The molecule has 0 unspecified atom stereocenters. The Morgan fingerprint density at radius 3 is 1.71 bits per heavy atom. The molecule has 9 heteroatoms. The highest BCUT2D eigenvalue weighted by Gasteiger charge is 2.65. The average molecular weight is 697 g/mol. The Balaban J connectivity index is 1.74. The summed E-state index contributed by atoms with van der Waals surface area (Å²) in [5, 5.41) is 0. The molecule has 48 heavy (non-hydrogen) atoms. The molecule has 0 N–H and O–H groups in total. The third kappa shape index (κ3) is 7.13. The van der Waals surface area contributed by atoms with Crippen LogP contribution in [0.1, 0.15) is 107 Å². The van der Waals surface area contributed by atoms with Crippen LogP contribution in [0.25, 0.3) is 0 Å². The van der Waals surface area contributed by atoms with Crippen molar-refractivity contribution in [2.45, 2.75) is 153 Å². The van der Waals surface area contributed by atoms with Crippen molar-refractivity contribution in [1.82, 2.24) is 0 Å². The van der Waals surface area contributed by atoms with Crippen LogP contribution in [0.4, 0.5) is 0 Å². The average Bonchev–Trinajstić information content (AvgIpc) is 3.36. The van der Waals surface area contributed by atoms with Gasteiger partial charge < -0.3 is 23.1 Å². The lowest BCUT2D eigenvalue weighted by Gasteiger charge is -2.52. The van der Waals surface area contributed by atoms with Crippen LogP contribution >= 0.6 is 0 Å². The second kappa shape index (κ2) is 15.3. The van der Waals surface area contributed by atoms with Gasteiger partial charge in [0.2, 0.25) is 22.4 Å². The number of benzene rings is 2. The summed E-state index contributed by atoms with van der Waals surface area (Å²) in [5.74, 6) is -2.49. The van der Waals surface area contributed by atoms with Crippen molar-refractivity contribution >= 4 is 28.4 Å². The van der Waals surface area contributed by atoms with Crippen molar-refractivity contribution in [1.29, 1.82) is 0 Å². The van der Waals surface area contributed by atoms with Gasteiger partial charge in [-0.3, -0.25) is 9.59 Å². The van der Waals surface area contributed by atoms with Crippen LogP contribution in [0.5, 0.6) is 5.75 Å². The van der Waals surface area contributed by atoms with Gasteiger partial charge in [0.15, 0.2) is 0 Å². The van der Waals surface area contributed by atoms with E-state index in [4.69, 9.17) is 23.1 Å². The molecule has 2 aliphatic heterocycles. The standard InChI is InChI=1S/C39H60O7Si2/c1-25(2)47(26(3)4,27(5)6)45-35-24-43-39(38(41)37(35)46-48(28(7)8,29(9)10)30(11)12)34(22-36(40)44-39)32-18-20-33(21-19-32)42-23-31-16-14-13-15-17-31/h13-21,25-30,34-35,37H,22-24H2,1-12H3/t34-,35+,37-,39+/m0/s1. The summed E-state index contributed by atoms with van der Waals surface area (Å²) in [6.07, 6.45) is -1.47. The van der Waals surface area contributed by atoms with Gasteiger partial charge in [0.05, 0.1) is 18.9 Å². The number of rotatable bonds is 14. The number of esters is 1. The Bertz CT molecular complexity index is 1330. The highest BCUT2D eigenvalue weighted by atomic mass is 28.4. The number of hydrogen-bond donors (Lipinski definition) is 0. The van der Waals surface area contributed by atoms with E-state index in [1.165, 1.54) is 0 Å². The van der Waals surface area contributed by atoms with Crippen molar-refractivity contribution < 1.29 is 32.7 Å². The minimum Gasteiger partial charge on any atom is -0.489 e. The van der Waals surface area contributed by atoms with Gasteiger partial charge in [0.25, 0.3) is 5.79 Å². The topological polar surface area (TPSA) is 80.3 Å². The molecule has 7 nitrogen and oxygen atoms in total. The molecule has 2 fully saturated rings. The van der Waals surface area contributed by atoms with Gasteiger partial charge in [-0.15, -0.1) is 0 Å². The molecule has 2 aromatic carbocycles. The number of Topliss-reactive ketones (excluding diaryl/α,β-unsaturated/α-hetero) is 1. The first-order valence-corrected chi connectivity index (χ1v) is 22.3. The number of carbonyl (C=O) groups is 2. The summed E-state index contributed by atoms with van der Waals surface area (Å²) in [6, 6.07) is 17.6. The zero-order chi connectivity index (χ0) is 35.6. The van der Waals surface area contributed by atoms with E-state index < -0.39 is 46.5 Å². The van der Waals surface area contributed by atoms with Gasteiger partial charge in [-0.25, -0.2) is 0 Å². The maximum atomic E-state index is 15.2. The van der Waals surface area contributed by atoms with E-state index in [1.807, 2.05) is 54.6 Å². The van der Waals surface area contributed by atoms with Crippen molar-refractivity contribution in [3.05, 3.63) is 65.7 Å². The van der Waals surface area contributed by atoms with Gasteiger partial charge >= 0.3 is 5.97 Å². The summed E-state index contributed by atoms with van der Waals surface area (Å²) in [7, 11) is -5.03. The Morgan fingerprint density at radius 1 is 0.708 bits per heavy atom. The fourth-order valence-electron chi connectivity index (χ4n) is 9.06. The third-order valence-corrected chi connectivity index (χ3v) is 23.3. The molecular weight excluding hydrogens is 637 g/mol. The van der Waals surface area contributed by atoms with Crippen LogP contribution in [0.15, 0.2) is 54.6 Å². The number of ether oxygens (including phenoxy) is 3. The lowest BCUT2D eigenvalue weighted by molar-refractivity contribution is -0.247. The van der Waals surface area contributed by atoms with E-state index in [1.54, 1.807) is 0 Å². The lowest BCUT2D eigenvalue weighted by atomic mass is 9.83. The van der Waals surface area contributed by atoms with Gasteiger partial charge in [0, 0.05) is 0 Å². The first-order chi connectivity index (χ1) is 22.5. The quantitative estimate of drug-likeness (QED) is 0.144. The minimum absolute atomic E-state index is 0.0397. The van der Waals surface area contributed by atoms with E-state index in [0.29, 0.717) is 29.0 Å². The molecule has 0 bridgehead atoms. The largest absolute Gasteiger partial charge is 0.489 e. The van der Waals surface area contributed by atoms with Gasteiger partial charge in [-0.05, 0) is 56.5 Å². The van der Waals surface area contributed by atoms with Gasteiger partial charge in [-0.1, -0.05) is 126 Å². The maximum Gasteiger partial charge on any atom is 0.309 e. The molecule has 266 valence electrons. The van der Waals surface area contributed by atoms with E-state index >= 15 is 4.79 Å². The number of ketones is 1. The Labute approximate surface area is 291 Å². The SMILES string of the molecule is CC(C)[Si](O[C@@H]1C(=O)[C@]2(OC[C@H]1O[Si](C(C)C)(C(C)C)C(C)C)OC(=O)C[C@H]2c1ccc(OCc2ccccc2)cc1)(C(C)C)C(C)C. The van der Waals surface area contributed by atoms with Gasteiger partial charge in [0.1, 0.15) is 24.6 Å². The van der Waals surface area contributed by atoms with Crippen molar-refractivity contribution in [2.24, 2.45) is 0 Å². The summed E-state index contributed by atoms with van der Waals surface area (Å²) in [6.45, 7) is 27.3. The molecule has 0 aromatic heterocycles. The smallest absolute Gasteiger partial charge is 0.309 e. The summed E-state index contributed by atoms with van der Waals surface area (Å²) in [4.78, 5) is 28.3. The molecule has 2 heterocycles. The van der Waals surface area contributed by atoms with Crippen LogP contribution in [-0.2, 0) is 34.5 Å². The fourth-order valence-corrected chi connectivity index (χ4v) is 20.1. The minimum atomic E-state index is -2.58. The molecule has 1 spiro atoms. The molecule has 2 aromatic rings. The van der Waals surface area contributed by atoms with Crippen LogP contribution in [0.3, 0.4) is 0 Å². The van der Waals surface area contributed by atoms with Crippen molar-refractivity contribution in [3.63, 3.8) is 0 Å². The van der Waals surface area contributed by atoms with E-state index in [-0.39, 0.29) is 35.4 Å². The monoisotopic (exact) mass is 696 g/mol. The molecule has 0 aliphatic carbocycles. The molecule has 4 atom stereocenters. The van der Waals surface area contributed by atoms with E-state index in [0.717, 1.165) is 11.1 Å². The summed E-state index contributed by atoms with van der Waals surface area (Å²) >= 11 is 0. The maximum absolute atomic E-state index is 15.2. The Kier molecular flexibility index (Phi) is 12.3. The first-order valence-electron chi connectivity index (χ1n) is 18.0. The predicted molar refractivity (Wildman–Crippen MR) is 196 cm³/mol. The second-order valence-corrected chi connectivity index (χ2v) is 26.6. The Hall–Kier alpha value is -2.31. The normalized spacial score (nSPS) is 23.8.